The second-order valence-corrected chi connectivity index (χ2v) is 9.68. The van der Waals surface area contributed by atoms with E-state index in [1.165, 1.54) is 27.6 Å². The van der Waals surface area contributed by atoms with Crippen LogP contribution in [0.3, 0.4) is 0 Å². The number of amides is 1. The van der Waals surface area contributed by atoms with Crippen molar-refractivity contribution >= 4 is 15.7 Å². The summed E-state index contributed by atoms with van der Waals surface area (Å²) in [5.74, 6) is 1.41. The Bertz CT molecular complexity index is 1030. The summed E-state index contributed by atoms with van der Waals surface area (Å²) in [4.78, 5) is 13.0. The van der Waals surface area contributed by atoms with E-state index in [1.807, 2.05) is 24.3 Å². The van der Waals surface area contributed by atoms with Gasteiger partial charge in [-0.05, 0) is 37.1 Å². The van der Waals surface area contributed by atoms with Crippen LogP contribution in [-0.4, -0.2) is 61.3 Å². The monoisotopic (exact) mass is 465 g/mol. The lowest BCUT2D eigenvalue weighted by molar-refractivity contribution is 0.0949. The second-order valence-electron chi connectivity index (χ2n) is 7.42. The first kappa shape index (κ1) is 25.3. The number of ether oxygens (including phenoxy) is 4. The second kappa shape index (κ2) is 11.1. The van der Waals surface area contributed by atoms with E-state index in [4.69, 9.17) is 18.9 Å². The number of sulfone groups is 1. The van der Waals surface area contributed by atoms with Gasteiger partial charge in [-0.3, -0.25) is 4.79 Å². The zero-order valence-corrected chi connectivity index (χ0v) is 20.2. The van der Waals surface area contributed by atoms with Gasteiger partial charge >= 0.3 is 0 Å². The highest BCUT2D eigenvalue weighted by molar-refractivity contribution is 7.90. The predicted octanol–water partition coefficient (Wildman–Crippen LogP) is 2.98. The smallest absolute Gasteiger partial charge is 0.251 e. The summed E-state index contributed by atoms with van der Waals surface area (Å²) in [6, 6.07) is 8.98. The summed E-state index contributed by atoms with van der Waals surface area (Å²) in [5, 5.41) is 2.93. The SMILES string of the molecule is COc1ccc(C(CCS(C)(=O)=O)CNC(=O)c2cc(OC)c(OC)c(OC)c2C)cc1. The molecular weight excluding hydrogens is 434 g/mol. The fourth-order valence-corrected chi connectivity index (χ4v) is 4.18. The van der Waals surface area contributed by atoms with Crippen LogP contribution in [0.25, 0.3) is 0 Å². The number of benzene rings is 2. The zero-order valence-electron chi connectivity index (χ0n) is 19.4. The molecular formula is C23H31NO7S. The molecule has 32 heavy (non-hydrogen) atoms. The molecule has 2 rings (SSSR count). The van der Waals surface area contributed by atoms with Gasteiger partial charge < -0.3 is 24.3 Å². The number of carbonyl (C=O) groups is 1. The fraction of sp³-hybridized carbons (Fsp3) is 0.435. The molecule has 1 N–H and O–H groups in total. The van der Waals surface area contributed by atoms with Gasteiger partial charge in [-0.15, -0.1) is 0 Å². The molecule has 1 unspecified atom stereocenters. The molecule has 176 valence electrons. The van der Waals surface area contributed by atoms with Crippen molar-refractivity contribution < 1.29 is 32.2 Å². The van der Waals surface area contributed by atoms with Crippen molar-refractivity contribution in [1.82, 2.24) is 5.32 Å². The average Bonchev–Trinajstić information content (AvgIpc) is 2.77. The van der Waals surface area contributed by atoms with Gasteiger partial charge in [0.2, 0.25) is 5.75 Å². The largest absolute Gasteiger partial charge is 0.497 e. The summed E-state index contributed by atoms with van der Waals surface area (Å²) in [6.45, 7) is 2.02. The van der Waals surface area contributed by atoms with E-state index in [0.717, 1.165) is 5.56 Å². The van der Waals surface area contributed by atoms with Gasteiger partial charge in [0, 0.05) is 29.8 Å². The molecule has 0 fully saturated rings. The highest BCUT2D eigenvalue weighted by Crippen LogP contribution is 2.41. The van der Waals surface area contributed by atoms with Crippen LogP contribution in [0.5, 0.6) is 23.0 Å². The van der Waals surface area contributed by atoms with Crippen LogP contribution in [0.1, 0.15) is 33.8 Å². The van der Waals surface area contributed by atoms with Crippen molar-refractivity contribution in [2.75, 3.05) is 47.0 Å². The Morgan fingerprint density at radius 1 is 0.969 bits per heavy atom. The van der Waals surface area contributed by atoms with Crippen molar-refractivity contribution in [3.05, 3.63) is 47.0 Å². The van der Waals surface area contributed by atoms with Gasteiger partial charge in [-0.1, -0.05) is 12.1 Å². The van der Waals surface area contributed by atoms with Crippen molar-refractivity contribution in [1.29, 1.82) is 0 Å². The predicted molar refractivity (Wildman–Crippen MR) is 123 cm³/mol. The quantitative estimate of drug-likeness (QED) is 0.544. The number of rotatable bonds is 11. The Labute approximate surface area is 189 Å². The maximum absolute atomic E-state index is 13.0. The zero-order chi connectivity index (χ0) is 23.9. The molecule has 2 aromatic carbocycles. The van der Waals surface area contributed by atoms with E-state index < -0.39 is 9.84 Å². The van der Waals surface area contributed by atoms with Crippen LogP contribution in [0.4, 0.5) is 0 Å². The molecule has 0 bridgehead atoms. The molecule has 0 spiro atoms. The summed E-state index contributed by atoms with van der Waals surface area (Å²) < 4.78 is 44.8. The highest BCUT2D eigenvalue weighted by atomic mass is 32.2. The Hall–Kier alpha value is -2.94. The van der Waals surface area contributed by atoms with E-state index in [2.05, 4.69) is 5.32 Å². The Morgan fingerprint density at radius 3 is 2.09 bits per heavy atom. The summed E-state index contributed by atoms with van der Waals surface area (Å²) in [5.41, 5.74) is 1.91. The van der Waals surface area contributed by atoms with Gasteiger partial charge in [0.25, 0.3) is 5.91 Å². The normalized spacial score (nSPS) is 12.1. The summed E-state index contributed by atoms with van der Waals surface area (Å²) in [7, 11) is 2.91. The topological polar surface area (TPSA) is 100 Å². The van der Waals surface area contributed by atoms with Crippen LogP contribution in [0.2, 0.25) is 0 Å². The van der Waals surface area contributed by atoms with E-state index >= 15 is 0 Å². The van der Waals surface area contributed by atoms with Crippen LogP contribution < -0.4 is 24.3 Å². The van der Waals surface area contributed by atoms with Crippen LogP contribution in [-0.2, 0) is 9.84 Å². The lowest BCUT2D eigenvalue weighted by Crippen LogP contribution is -2.30. The van der Waals surface area contributed by atoms with Crippen LogP contribution in [0.15, 0.2) is 30.3 Å². The third-order valence-electron chi connectivity index (χ3n) is 5.26. The number of hydrogen-bond acceptors (Lipinski definition) is 7. The van der Waals surface area contributed by atoms with E-state index in [-0.39, 0.29) is 24.1 Å². The molecule has 0 radical (unpaired) electrons. The van der Waals surface area contributed by atoms with Gasteiger partial charge in [-0.25, -0.2) is 8.42 Å². The molecule has 8 nitrogen and oxygen atoms in total. The molecule has 0 aromatic heterocycles. The Balaban J connectivity index is 2.28. The Kier molecular flexibility index (Phi) is 8.77. The third kappa shape index (κ3) is 6.29. The molecule has 0 aliphatic rings. The molecule has 0 saturated carbocycles. The molecule has 0 saturated heterocycles. The van der Waals surface area contributed by atoms with Crippen LogP contribution in [0, 0.1) is 6.92 Å². The first-order valence-electron chi connectivity index (χ1n) is 10.0. The summed E-state index contributed by atoms with van der Waals surface area (Å²) >= 11 is 0. The highest BCUT2D eigenvalue weighted by Gasteiger charge is 2.23. The molecule has 1 atom stereocenters. The minimum Gasteiger partial charge on any atom is -0.497 e. The van der Waals surface area contributed by atoms with Gasteiger partial charge in [0.1, 0.15) is 15.6 Å². The Morgan fingerprint density at radius 2 is 1.59 bits per heavy atom. The van der Waals surface area contributed by atoms with Gasteiger partial charge in [0.15, 0.2) is 11.5 Å². The minimum atomic E-state index is -3.15. The molecule has 0 aliphatic heterocycles. The van der Waals surface area contributed by atoms with E-state index in [1.54, 1.807) is 20.1 Å². The molecule has 1 amide bonds. The number of carbonyl (C=O) groups excluding carboxylic acids is 1. The standard InChI is InChI=1S/C23H31NO7S/c1-15-19(13-20(29-3)22(31-5)21(15)30-4)23(25)24-14-17(11-12-32(6,26)27)16-7-9-18(28-2)10-8-16/h7-10,13,17H,11-12,14H2,1-6H3,(H,24,25). The third-order valence-corrected chi connectivity index (χ3v) is 6.23. The van der Waals surface area contributed by atoms with Crippen molar-refractivity contribution in [2.24, 2.45) is 0 Å². The van der Waals surface area contributed by atoms with E-state index in [9.17, 15) is 13.2 Å². The van der Waals surface area contributed by atoms with Gasteiger partial charge in [-0.2, -0.15) is 0 Å². The number of hydrogen-bond donors (Lipinski definition) is 1. The summed E-state index contributed by atoms with van der Waals surface area (Å²) in [6.07, 6.45) is 1.58. The van der Waals surface area contributed by atoms with E-state index in [0.29, 0.717) is 40.5 Å². The number of methoxy groups -OCH3 is 4. The lowest BCUT2D eigenvalue weighted by atomic mass is 9.96. The maximum atomic E-state index is 13.0. The number of nitrogens with one attached hydrogen (secondary N) is 1. The molecule has 0 aliphatic carbocycles. The average molecular weight is 466 g/mol. The van der Waals surface area contributed by atoms with Gasteiger partial charge in [0.05, 0.1) is 34.2 Å². The lowest BCUT2D eigenvalue weighted by Gasteiger charge is -2.20. The molecule has 2 aromatic rings. The van der Waals surface area contributed by atoms with Crippen LogP contribution >= 0.6 is 0 Å². The molecule has 9 heteroatoms. The minimum absolute atomic E-state index is 0.0166. The first-order valence-corrected chi connectivity index (χ1v) is 12.1. The molecule has 0 heterocycles. The van der Waals surface area contributed by atoms with Crippen molar-refractivity contribution in [2.45, 2.75) is 19.3 Å². The maximum Gasteiger partial charge on any atom is 0.251 e. The fourth-order valence-electron chi connectivity index (χ4n) is 3.47. The first-order chi connectivity index (χ1) is 15.1. The van der Waals surface area contributed by atoms with Crippen molar-refractivity contribution in [3.63, 3.8) is 0 Å². The van der Waals surface area contributed by atoms with Crippen molar-refractivity contribution in [3.8, 4) is 23.0 Å².